The molecule has 131 heavy (non-hydrogen) atoms. The molecule has 674 valence electrons. The number of alkyl halides is 3. The van der Waals surface area contributed by atoms with Gasteiger partial charge in [-0.15, -0.1) is 0 Å². The van der Waals surface area contributed by atoms with Crippen LogP contribution in [0.1, 0.15) is 150 Å². The van der Waals surface area contributed by atoms with E-state index in [1.807, 2.05) is 131 Å². The lowest BCUT2D eigenvalue weighted by Crippen LogP contribution is -2.29. The van der Waals surface area contributed by atoms with Crippen LogP contribution in [0.25, 0.3) is 88.7 Å². The van der Waals surface area contributed by atoms with Gasteiger partial charge in [-0.1, -0.05) is 121 Å². The molecule has 13 aromatic rings. The number of nitrogen functional groups attached to an aromatic ring is 1. The number of ether oxygens (including phenoxy) is 3. The number of fused-ring (bicyclic) bond motifs is 3. The highest BCUT2D eigenvalue weighted by atomic mass is 35.5. The van der Waals surface area contributed by atoms with Crippen molar-refractivity contribution in [1.82, 2.24) is 29.7 Å². The number of benzene rings is 10. The van der Waals surface area contributed by atoms with E-state index in [1.54, 1.807) is 84.6 Å². The van der Waals surface area contributed by atoms with Crippen molar-refractivity contribution < 1.29 is 88.7 Å². The van der Waals surface area contributed by atoms with E-state index in [1.165, 1.54) is 82.7 Å². The Hall–Kier alpha value is -13.3. The Morgan fingerprint density at radius 2 is 0.809 bits per heavy atom. The summed E-state index contributed by atoms with van der Waals surface area (Å²) in [5, 5.41) is 34.0. The lowest BCUT2D eigenvalue weighted by molar-refractivity contribution is -0.0500. The third-order valence-electron chi connectivity index (χ3n) is 22.4. The van der Waals surface area contributed by atoms with Gasteiger partial charge in [0.25, 0.3) is 17.7 Å². The number of hydrogen-bond acceptors (Lipinski definition) is 20. The lowest BCUT2D eigenvalue weighted by Gasteiger charge is -2.24. The van der Waals surface area contributed by atoms with Crippen LogP contribution in [0.5, 0.6) is 5.75 Å². The molecule has 1 saturated carbocycles. The van der Waals surface area contributed by atoms with Crippen molar-refractivity contribution in [3.05, 3.63) is 291 Å². The van der Waals surface area contributed by atoms with Gasteiger partial charge in [0.05, 0.1) is 88.1 Å². The van der Waals surface area contributed by atoms with E-state index in [2.05, 4.69) is 19.2 Å². The number of nitrogens with two attached hydrogens (primary N) is 1. The van der Waals surface area contributed by atoms with Crippen LogP contribution in [-0.4, -0.2) is 174 Å². The molecular formula is C99H91BCl3F3N8O16S. The molecule has 0 unspecified atom stereocenters. The Kier molecular flexibility index (Phi) is 31.6. The van der Waals surface area contributed by atoms with Crippen LogP contribution in [-0.2, 0) is 24.3 Å². The quantitative estimate of drug-likeness (QED) is 0.0133. The smallest absolute Gasteiger partial charge is 0.478 e. The average molecular weight is 1860 g/mol. The predicted molar refractivity (Wildman–Crippen MR) is 502 cm³/mol. The summed E-state index contributed by atoms with van der Waals surface area (Å²) in [4.78, 5) is 105. The number of aromatic carboxylic acids is 1. The second kappa shape index (κ2) is 43.4. The molecule has 3 amide bonds. The number of carboxylic acid groups (broad SMARTS) is 1. The molecule has 0 bridgehead atoms. The van der Waals surface area contributed by atoms with Crippen molar-refractivity contribution in [2.45, 2.75) is 89.1 Å². The first-order valence-electron chi connectivity index (χ1n) is 42.3. The number of halogens is 6. The molecule has 17 rings (SSSR count). The van der Waals surface area contributed by atoms with Crippen molar-refractivity contribution in [2.75, 3.05) is 71.1 Å². The maximum absolute atomic E-state index is 13.1. The largest absolute Gasteiger partial charge is 0.534 e. The molecule has 6 N–H and O–H groups in total. The third-order valence-corrected chi connectivity index (χ3v) is 24.1. The summed E-state index contributed by atoms with van der Waals surface area (Å²) in [6, 6.07) is 67.6. The molecule has 3 aliphatic heterocycles. The Morgan fingerprint density at radius 1 is 0.443 bits per heavy atom. The summed E-state index contributed by atoms with van der Waals surface area (Å²) < 4.78 is 81.2. The lowest BCUT2D eigenvalue weighted by atomic mass is 9.81. The first kappa shape index (κ1) is 95.3. The van der Waals surface area contributed by atoms with Gasteiger partial charge in [0.15, 0.2) is 5.75 Å². The third kappa shape index (κ3) is 24.0. The maximum Gasteiger partial charge on any atom is 0.534 e. The van der Waals surface area contributed by atoms with Gasteiger partial charge in [-0.2, -0.15) is 21.6 Å². The van der Waals surface area contributed by atoms with E-state index >= 15 is 0 Å². The first-order chi connectivity index (χ1) is 62.9. The number of nitrogens with one attached hydrogen (secondary N) is 1. The fraction of sp³-hybridized carbons (Fsp3) is 0.232. The number of pyridine rings is 3. The number of carboxylic acids is 1. The van der Waals surface area contributed by atoms with E-state index in [9.17, 15) is 60.3 Å². The predicted octanol–water partition coefficient (Wildman–Crippen LogP) is 19.8. The monoisotopic (exact) mass is 1850 g/mol. The van der Waals surface area contributed by atoms with Gasteiger partial charge < -0.3 is 59.3 Å². The number of nitrogens with zero attached hydrogens (tertiary/aromatic N) is 6. The number of amides is 3. The number of esters is 3. The van der Waals surface area contributed by atoms with Gasteiger partial charge in [0.2, 0.25) is 0 Å². The number of methoxy groups -OCH3 is 2. The molecule has 0 radical (unpaired) electrons. The number of rotatable bonds is 18. The summed E-state index contributed by atoms with van der Waals surface area (Å²) in [6.07, 6.45) is 12.1. The van der Waals surface area contributed by atoms with E-state index in [-0.39, 0.29) is 57.6 Å². The molecule has 4 fully saturated rings. The van der Waals surface area contributed by atoms with Crippen LogP contribution in [0.15, 0.2) is 237 Å². The Bertz CT molecular complexity index is 6520. The second-order valence-electron chi connectivity index (χ2n) is 31.3. The van der Waals surface area contributed by atoms with Gasteiger partial charge in [-0.3, -0.25) is 14.4 Å². The minimum absolute atomic E-state index is 0.0308. The standard InChI is InChI=1S/C28H23ClN2O3.C27H21ClN2O3.C23H19F3N2O6S.C15H22N2O2.C6H6BClO2/c1-34-28(33)21-8-12-25-19(16-21)7-13-26(30-25)24-17-20(27(32)31-14-2-3-15-31)6-11-23(24)18-4-9-22(29)10-5-18;28-21-8-3-17(4-9-21)22-10-5-19(26(31)30-13-1-2-14-30)16-23(22)25-12-6-18-15-20(27(32)33)7-11-24(18)29-25;1-33-22(30)16-5-7-18-14(12-16)4-8-19(27-18)17-13-15(21(29)28-10-2-3-11-28)6-9-20(17)34-35(31,32)23(24,25)26;1-2-19-15(18)11-8-9-14(13(16)10-11)17-12-6-4-3-5-7-12;8-6-3-1-5(2-4-6)7(9)10/h4-13,16-17H,2-3,14-15H2,1H3;3-12,15-16H,1-2,13-14H2,(H,32,33);4-9,12-13H,2-3,10-11H2,1H3;8-10,12,17H,2-7,16H2,1H3;1-4,9-10H. The van der Waals surface area contributed by atoms with E-state index in [0.29, 0.717) is 96.3 Å². The summed E-state index contributed by atoms with van der Waals surface area (Å²) in [7, 11) is -4.77. The van der Waals surface area contributed by atoms with Crippen LogP contribution in [0.2, 0.25) is 15.1 Å². The topological polar surface area (TPSA) is 338 Å². The number of likely N-dealkylation sites (tertiary alicyclic amines) is 3. The van der Waals surface area contributed by atoms with Crippen LogP contribution in [0.3, 0.4) is 0 Å². The fourth-order valence-corrected chi connectivity index (χ4v) is 16.4. The van der Waals surface area contributed by atoms with Crippen LogP contribution >= 0.6 is 34.8 Å². The molecule has 24 nitrogen and oxygen atoms in total. The highest BCUT2D eigenvalue weighted by Crippen LogP contribution is 2.40. The number of carbonyl (C=O) groups excluding carboxylic acids is 6. The molecule has 0 spiro atoms. The van der Waals surface area contributed by atoms with Crippen LogP contribution < -0.4 is 20.7 Å². The van der Waals surface area contributed by atoms with Crippen molar-refractivity contribution in [3.8, 4) is 61.8 Å². The maximum atomic E-state index is 13.1. The summed E-state index contributed by atoms with van der Waals surface area (Å²) in [5.74, 6) is -3.12. The highest BCUT2D eigenvalue weighted by Gasteiger charge is 2.49. The number of aromatic nitrogens is 3. The van der Waals surface area contributed by atoms with Gasteiger partial charge in [0, 0.05) is 110 Å². The summed E-state index contributed by atoms with van der Waals surface area (Å²) >= 11 is 17.8. The zero-order valence-electron chi connectivity index (χ0n) is 71.5. The van der Waals surface area contributed by atoms with Gasteiger partial charge in [0.1, 0.15) is 0 Å². The number of hydrogen-bond donors (Lipinski definition) is 5. The minimum Gasteiger partial charge on any atom is -0.478 e. The summed E-state index contributed by atoms with van der Waals surface area (Å²) in [6.45, 7) is 6.42. The Balaban J connectivity index is 0.000000146. The fourth-order valence-electron chi connectivity index (χ4n) is 15.5. The molecular weight excluding hydrogens is 1760 g/mol. The van der Waals surface area contributed by atoms with Gasteiger partial charge in [-0.05, 0) is 256 Å². The van der Waals surface area contributed by atoms with E-state index < -0.39 is 40.4 Å². The van der Waals surface area contributed by atoms with E-state index in [0.717, 1.165) is 132 Å². The van der Waals surface area contributed by atoms with Crippen LogP contribution in [0, 0.1) is 0 Å². The highest BCUT2D eigenvalue weighted by molar-refractivity contribution is 7.88. The second-order valence-corrected chi connectivity index (χ2v) is 34.1. The van der Waals surface area contributed by atoms with Gasteiger partial charge >= 0.3 is 46.6 Å². The minimum atomic E-state index is -5.97. The van der Waals surface area contributed by atoms with Crippen LogP contribution in [0.4, 0.5) is 24.5 Å². The zero-order valence-corrected chi connectivity index (χ0v) is 74.6. The average Bonchev–Trinajstić information content (AvgIpc) is 1.00. The zero-order chi connectivity index (χ0) is 93.2. The molecule has 10 aromatic carbocycles. The normalized spacial score (nSPS) is 13.7. The van der Waals surface area contributed by atoms with Crippen molar-refractivity contribution >= 4 is 143 Å². The molecule has 4 aliphatic rings. The molecule has 32 heteroatoms. The number of carbonyl (C=O) groups is 7. The van der Waals surface area contributed by atoms with Crippen molar-refractivity contribution in [3.63, 3.8) is 0 Å². The van der Waals surface area contributed by atoms with Gasteiger partial charge in [-0.25, -0.2) is 34.1 Å². The Labute approximate surface area is 769 Å². The molecule has 6 heterocycles. The molecule has 3 aromatic heterocycles. The Morgan fingerprint density at radius 3 is 1.20 bits per heavy atom. The number of anilines is 2. The summed E-state index contributed by atoms with van der Waals surface area (Å²) in [5.41, 5.74) is 14.1. The van der Waals surface area contributed by atoms with Crippen molar-refractivity contribution in [2.24, 2.45) is 0 Å². The SMILES string of the molecule is CCOC(=O)c1ccc(NC2CCCCC2)c(N)c1.COC(=O)c1ccc2nc(-c3cc(C(=O)N4CCCC4)ccc3-c3ccc(Cl)cc3)ccc2c1.COC(=O)c1ccc2nc(-c3cc(C(=O)N4CCCC4)ccc3OS(=O)(=O)C(F)(F)F)ccc2c1.O=C(O)c1ccc2nc(-c3cc(C(=O)N4CCCC4)ccc3-c3ccc(Cl)cc3)ccc2c1.OB(O)c1ccc(Cl)cc1. The van der Waals surface area contributed by atoms with Crippen molar-refractivity contribution in [1.29, 1.82) is 0 Å². The molecule has 3 saturated heterocycles. The van der Waals surface area contributed by atoms with E-state index in [4.69, 9.17) is 70.0 Å². The molecule has 0 atom stereocenters. The molecule has 1 aliphatic carbocycles. The first-order valence-corrected chi connectivity index (χ1v) is 44.9.